The Bertz CT molecular complexity index is 544. The lowest BCUT2D eigenvalue weighted by Gasteiger charge is -2.27. The molecule has 0 aliphatic carbocycles. The molecule has 0 unspecified atom stereocenters. The van der Waals surface area contributed by atoms with Crippen LogP contribution in [0.25, 0.3) is 0 Å². The molecule has 1 aromatic heterocycles. The molecule has 0 saturated carbocycles. The van der Waals surface area contributed by atoms with Crippen LogP contribution in [0.2, 0.25) is 0 Å². The van der Waals surface area contributed by atoms with E-state index in [-0.39, 0.29) is 30.6 Å². The Balaban J connectivity index is 2.09. The van der Waals surface area contributed by atoms with E-state index < -0.39 is 4.92 Å². The number of nitro groups is 1. The molecule has 0 bridgehead atoms. The molecule has 1 fully saturated rings. The number of pyridine rings is 1. The quantitative estimate of drug-likeness (QED) is 0.371. The SMILES string of the molecule is CC(=O)OCCNc1nc(N2CCCCC2)ccc1[N+](=O)[O-]. The van der Waals surface area contributed by atoms with Crippen LogP contribution in [-0.4, -0.2) is 42.1 Å². The highest BCUT2D eigenvalue weighted by Gasteiger charge is 2.19. The predicted molar refractivity (Wildman–Crippen MR) is 82.1 cm³/mol. The fraction of sp³-hybridized carbons (Fsp3) is 0.571. The van der Waals surface area contributed by atoms with Crippen molar-refractivity contribution in [2.75, 3.05) is 36.5 Å². The third-order valence-corrected chi connectivity index (χ3v) is 3.44. The van der Waals surface area contributed by atoms with Crippen molar-refractivity contribution < 1.29 is 14.5 Å². The molecule has 1 aliphatic rings. The molecule has 1 N–H and O–H groups in total. The molecule has 8 nitrogen and oxygen atoms in total. The van der Waals surface area contributed by atoms with E-state index in [2.05, 4.69) is 15.2 Å². The number of esters is 1. The highest BCUT2D eigenvalue weighted by molar-refractivity contribution is 5.66. The third-order valence-electron chi connectivity index (χ3n) is 3.44. The van der Waals surface area contributed by atoms with E-state index in [9.17, 15) is 14.9 Å². The molecule has 2 heterocycles. The number of carbonyl (C=O) groups is 1. The molecule has 1 aromatic rings. The van der Waals surface area contributed by atoms with E-state index in [1.165, 1.54) is 19.4 Å². The van der Waals surface area contributed by atoms with Gasteiger partial charge in [0.1, 0.15) is 12.4 Å². The fourth-order valence-electron chi connectivity index (χ4n) is 2.38. The Morgan fingerprint density at radius 1 is 1.41 bits per heavy atom. The first-order valence-corrected chi connectivity index (χ1v) is 7.35. The maximum atomic E-state index is 11.1. The number of carbonyl (C=O) groups excluding carboxylic acids is 1. The molecule has 0 radical (unpaired) electrons. The zero-order valence-corrected chi connectivity index (χ0v) is 12.6. The molecular weight excluding hydrogens is 288 g/mol. The summed E-state index contributed by atoms with van der Waals surface area (Å²) in [5.74, 6) is 0.562. The van der Waals surface area contributed by atoms with Gasteiger partial charge >= 0.3 is 11.7 Å². The molecule has 0 amide bonds. The number of piperidine rings is 1. The number of anilines is 2. The zero-order chi connectivity index (χ0) is 15.9. The van der Waals surface area contributed by atoms with Gasteiger partial charge in [-0.05, 0) is 25.3 Å². The number of nitrogens with one attached hydrogen (secondary N) is 1. The van der Waals surface area contributed by atoms with Gasteiger partial charge in [-0.1, -0.05) is 0 Å². The van der Waals surface area contributed by atoms with Crippen LogP contribution < -0.4 is 10.2 Å². The highest BCUT2D eigenvalue weighted by atomic mass is 16.6. The van der Waals surface area contributed by atoms with Crippen molar-refractivity contribution in [1.82, 2.24) is 4.98 Å². The van der Waals surface area contributed by atoms with Crippen LogP contribution >= 0.6 is 0 Å². The lowest BCUT2D eigenvalue weighted by molar-refractivity contribution is -0.384. The van der Waals surface area contributed by atoms with Crippen molar-refractivity contribution in [2.45, 2.75) is 26.2 Å². The van der Waals surface area contributed by atoms with Gasteiger partial charge in [-0.15, -0.1) is 0 Å². The Kier molecular flexibility index (Phi) is 5.51. The topological polar surface area (TPSA) is 97.6 Å². The van der Waals surface area contributed by atoms with Gasteiger partial charge in [0.25, 0.3) is 0 Å². The molecule has 22 heavy (non-hydrogen) atoms. The predicted octanol–water partition coefficient (Wildman–Crippen LogP) is 1.96. The van der Waals surface area contributed by atoms with Crippen LogP contribution in [0.4, 0.5) is 17.3 Å². The lowest BCUT2D eigenvalue weighted by atomic mass is 10.1. The van der Waals surface area contributed by atoms with Crippen LogP contribution in [0, 0.1) is 10.1 Å². The summed E-state index contributed by atoms with van der Waals surface area (Å²) in [6.07, 6.45) is 3.42. The number of hydrogen-bond acceptors (Lipinski definition) is 7. The molecule has 2 rings (SSSR count). The van der Waals surface area contributed by atoms with Gasteiger partial charge in [-0.3, -0.25) is 14.9 Å². The van der Waals surface area contributed by atoms with Gasteiger partial charge in [-0.2, -0.15) is 0 Å². The van der Waals surface area contributed by atoms with Crippen LogP contribution in [0.15, 0.2) is 12.1 Å². The normalized spacial score (nSPS) is 14.5. The van der Waals surface area contributed by atoms with E-state index in [0.717, 1.165) is 31.7 Å². The molecule has 0 aromatic carbocycles. The largest absolute Gasteiger partial charge is 0.464 e. The Morgan fingerprint density at radius 3 is 2.77 bits per heavy atom. The second-order valence-electron chi connectivity index (χ2n) is 5.11. The third kappa shape index (κ3) is 4.31. The van der Waals surface area contributed by atoms with E-state index in [1.54, 1.807) is 6.07 Å². The van der Waals surface area contributed by atoms with Crippen molar-refractivity contribution in [3.05, 3.63) is 22.2 Å². The van der Waals surface area contributed by atoms with Gasteiger partial charge in [0, 0.05) is 26.1 Å². The zero-order valence-electron chi connectivity index (χ0n) is 12.6. The van der Waals surface area contributed by atoms with Gasteiger partial charge in [0.2, 0.25) is 5.82 Å². The van der Waals surface area contributed by atoms with Gasteiger partial charge in [0.05, 0.1) is 11.5 Å². The first-order chi connectivity index (χ1) is 10.6. The van der Waals surface area contributed by atoms with Crippen LogP contribution in [0.3, 0.4) is 0 Å². The average Bonchev–Trinajstić information content (AvgIpc) is 2.52. The number of hydrogen-bond donors (Lipinski definition) is 1. The molecule has 0 atom stereocenters. The van der Waals surface area contributed by atoms with E-state index in [1.807, 2.05) is 0 Å². The van der Waals surface area contributed by atoms with Crippen molar-refractivity contribution in [3.8, 4) is 0 Å². The second kappa shape index (κ2) is 7.58. The van der Waals surface area contributed by atoms with Crippen LogP contribution in [-0.2, 0) is 9.53 Å². The monoisotopic (exact) mass is 308 g/mol. The molecule has 1 aliphatic heterocycles. The summed E-state index contributed by atoms with van der Waals surface area (Å²) in [6, 6.07) is 3.14. The minimum atomic E-state index is -0.471. The van der Waals surface area contributed by atoms with Crippen molar-refractivity contribution in [2.24, 2.45) is 0 Å². The fourth-order valence-corrected chi connectivity index (χ4v) is 2.38. The molecular formula is C14H20N4O4. The molecule has 8 heteroatoms. The summed E-state index contributed by atoms with van der Waals surface area (Å²) in [5.41, 5.74) is -0.0800. The average molecular weight is 308 g/mol. The molecule has 120 valence electrons. The first-order valence-electron chi connectivity index (χ1n) is 7.35. The van der Waals surface area contributed by atoms with Crippen molar-refractivity contribution >= 4 is 23.3 Å². The minimum absolute atomic E-state index is 0.0800. The van der Waals surface area contributed by atoms with Crippen LogP contribution in [0.1, 0.15) is 26.2 Å². The van der Waals surface area contributed by atoms with E-state index in [4.69, 9.17) is 4.74 Å². The Labute approximate surface area is 128 Å². The summed E-state index contributed by atoms with van der Waals surface area (Å²) in [5, 5.41) is 13.9. The standard InChI is InChI=1S/C14H20N4O4/c1-11(19)22-10-7-15-14-12(18(20)21)5-6-13(16-14)17-8-3-2-4-9-17/h5-6H,2-4,7-10H2,1H3,(H,15,16). The number of ether oxygens (including phenoxy) is 1. The number of aromatic nitrogens is 1. The summed E-state index contributed by atoms with van der Waals surface area (Å²) < 4.78 is 4.80. The maximum absolute atomic E-state index is 11.1. The highest BCUT2D eigenvalue weighted by Crippen LogP contribution is 2.27. The second-order valence-corrected chi connectivity index (χ2v) is 5.11. The maximum Gasteiger partial charge on any atom is 0.311 e. The van der Waals surface area contributed by atoms with E-state index in [0.29, 0.717) is 0 Å². The summed E-state index contributed by atoms with van der Waals surface area (Å²) in [7, 11) is 0. The van der Waals surface area contributed by atoms with Crippen molar-refractivity contribution in [1.29, 1.82) is 0 Å². The summed E-state index contributed by atoms with van der Waals surface area (Å²) in [6.45, 7) is 3.56. The molecule has 0 spiro atoms. The van der Waals surface area contributed by atoms with Gasteiger partial charge in [0.15, 0.2) is 0 Å². The molecule has 1 saturated heterocycles. The number of nitrogens with zero attached hydrogens (tertiary/aromatic N) is 3. The summed E-state index contributed by atoms with van der Waals surface area (Å²) in [4.78, 5) is 27.8. The van der Waals surface area contributed by atoms with Gasteiger partial charge < -0.3 is 15.0 Å². The van der Waals surface area contributed by atoms with Gasteiger partial charge in [-0.25, -0.2) is 4.98 Å². The number of rotatable bonds is 6. The Hall–Kier alpha value is -2.38. The smallest absolute Gasteiger partial charge is 0.311 e. The first kappa shape index (κ1) is 16.0. The van der Waals surface area contributed by atoms with Crippen LogP contribution in [0.5, 0.6) is 0 Å². The lowest BCUT2D eigenvalue weighted by Crippen LogP contribution is -2.30. The minimum Gasteiger partial charge on any atom is -0.464 e. The summed E-state index contributed by atoms with van der Waals surface area (Å²) >= 11 is 0. The Morgan fingerprint density at radius 2 is 2.14 bits per heavy atom. The van der Waals surface area contributed by atoms with E-state index >= 15 is 0 Å². The van der Waals surface area contributed by atoms with Crippen molar-refractivity contribution in [3.63, 3.8) is 0 Å².